The Balaban J connectivity index is 1.76. The van der Waals surface area contributed by atoms with E-state index in [4.69, 9.17) is 9.47 Å². The van der Waals surface area contributed by atoms with Crippen molar-refractivity contribution in [2.24, 2.45) is 0 Å². The van der Waals surface area contributed by atoms with Crippen LogP contribution in [-0.4, -0.2) is 18.2 Å². The number of cyclic esters (lactones) is 1. The summed E-state index contributed by atoms with van der Waals surface area (Å²) in [6.45, 7) is 0. The molecule has 0 bridgehead atoms. The number of benzene rings is 3. The second-order valence-corrected chi connectivity index (χ2v) is 5.96. The second kappa shape index (κ2) is 6.41. The van der Waals surface area contributed by atoms with Crippen LogP contribution < -0.4 is 4.74 Å². The van der Waals surface area contributed by atoms with Crippen LogP contribution in [0.25, 0.3) is 22.6 Å². The van der Waals surface area contributed by atoms with Gasteiger partial charge in [-0.2, -0.15) is 0 Å². The van der Waals surface area contributed by atoms with E-state index >= 15 is 0 Å². The summed E-state index contributed by atoms with van der Waals surface area (Å²) in [5, 5.41) is 11.8. The van der Waals surface area contributed by atoms with Gasteiger partial charge in [0.15, 0.2) is 11.5 Å². The van der Waals surface area contributed by atoms with E-state index in [0.29, 0.717) is 17.1 Å². The lowest BCUT2D eigenvalue weighted by atomic mass is 10.0. The minimum Gasteiger partial charge on any atom is -0.504 e. The number of hydrogen-bond donors (Lipinski definition) is 1. The maximum Gasteiger partial charge on any atom is 0.343 e. The van der Waals surface area contributed by atoms with Crippen LogP contribution in [0.1, 0.15) is 11.1 Å². The first-order valence-electron chi connectivity index (χ1n) is 8.16. The zero-order valence-electron chi connectivity index (χ0n) is 14.1. The molecule has 1 heterocycles. The number of fused-ring (bicyclic) bond motifs is 1. The average Bonchev–Trinajstić information content (AvgIpc) is 3.03. The van der Waals surface area contributed by atoms with Crippen molar-refractivity contribution in [3.8, 4) is 11.5 Å². The van der Waals surface area contributed by atoms with Crippen molar-refractivity contribution in [2.75, 3.05) is 7.11 Å². The number of methoxy groups -OCH3 is 1. The Morgan fingerprint density at radius 3 is 2.69 bits per heavy atom. The Bertz CT molecular complexity index is 1070. The number of esters is 1. The molecule has 0 radical (unpaired) electrons. The molecule has 0 amide bonds. The predicted octanol–water partition coefficient (Wildman–Crippen LogP) is 4.54. The summed E-state index contributed by atoms with van der Waals surface area (Å²) in [6.07, 6.45) is 3.45. The molecule has 4 heteroatoms. The Kier molecular flexibility index (Phi) is 3.93. The lowest BCUT2D eigenvalue weighted by Crippen LogP contribution is -1.97. The van der Waals surface area contributed by atoms with E-state index in [1.165, 1.54) is 13.2 Å². The Hall–Kier alpha value is -3.53. The molecule has 0 aromatic heterocycles. The van der Waals surface area contributed by atoms with Gasteiger partial charge in [0.2, 0.25) is 0 Å². The van der Waals surface area contributed by atoms with Crippen molar-refractivity contribution in [3.05, 3.63) is 83.4 Å². The van der Waals surface area contributed by atoms with Crippen molar-refractivity contribution in [1.82, 2.24) is 0 Å². The van der Waals surface area contributed by atoms with Gasteiger partial charge in [-0.15, -0.1) is 0 Å². The quantitative estimate of drug-likeness (QED) is 0.560. The highest BCUT2D eigenvalue weighted by Crippen LogP contribution is 2.33. The number of rotatable bonds is 3. The van der Waals surface area contributed by atoms with Crippen LogP contribution in [0.3, 0.4) is 0 Å². The van der Waals surface area contributed by atoms with E-state index in [1.54, 1.807) is 24.3 Å². The molecule has 1 N–H and O–H groups in total. The minimum atomic E-state index is -0.403. The Morgan fingerprint density at radius 1 is 1.04 bits per heavy atom. The molecule has 1 aliphatic heterocycles. The maximum absolute atomic E-state index is 12.3. The molecule has 0 unspecified atom stereocenters. The highest BCUT2D eigenvalue weighted by molar-refractivity contribution is 6.07. The van der Waals surface area contributed by atoms with E-state index in [9.17, 15) is 9.90 Å². The van der Waals surface area contributed by atoms with E-state index in [2.05, 4.69) is 0 Å². The summed E-state index contributed by atoms with van der Waals surface area (Å²) in [5.41, 5.74) is 2.06. The largest absolute Gasteiger partial charge is 0.504 e. The van der Waals surface area contributed by atoms with Crippen LogP contribution in [0.2, 0.25) is 0 Å². The Morgan fingerprint density at radius 2 is 1.85 bits per heavy atom. The molecule has 4 nitrogen and oxygen atoms in total. The summed E-state index contributed by atoms with van der Waals surface area (Å²) in [7, 11) is 1.48. The number of carbonyl (C=O) groups is 1. The van der Waals surface area contributed by atoms with E-state index in [-0.39, 0.29) is 5.75 Å². The molecule has 1 aliphatic rings. The summed E-state index contributed by atoms with van der Waals surface area (Å²) in [5.74, 6) is 0.531. The fraction of sp³-hybridized carbons (Fsp3) is 0.0455. The smallest absolute Gasteiger partial charge is 0.343 e. The topological polar surface area (TPSA) is 55.8 Å². The molecule has 0 fully saturated rings. The Labute approximate surface area is 150 Å². The fourth-order valence-electron chi connectivity index (χ4n) is 3.03. The van der Waals surface area contributed by atoms with Gasteiger partial charge in [-0.05, 0) is 40.6 Å². The summed E-state index contributed by atoms with van der Waals surface area (Å²) in [4.78, 5) is 12.3. The predicted molar refractivity (Wildman–Crippen MR) is 101 cm³/mol. The second-order valence-electron chi connectivity index (χ2n) is 5.96. The van der Waals surface area contributed by atoms with Gasteiger partial charge >= 0.3 is 5.97 Å². The molecule has 0 aliphatic carbocycles. The molecule has 0 atom stereocenters. The number of hydrogen-bond acceptors (Lipinski definition) is 4. The molecular formula is C22H16O4. The third kappa shape index (κ3) is 2.82. The molecule has 0 saturated heterocycles. The molecule has 3 aromatic rings. The maximum atomic E-state index is 12.3. The lowest BCUT2D eigenvalue weighted by Gasteiger charge is -2.06. The van der Waals surface area contributed by atoms with Gasteiger partial charge in [-0.1, -0.05) is 48.5 Å². The first-order valence-corrected chi connectivity index (χ1v) is 8.16. The third-order valence-corrected chi connectivity index (χ3v) is 4.31. The zero-order chi connectivity index (χ0) is 18.1. The molecular weight excluding hydrogens is 328 g/mol. The van der Waals surface area contributed by atoms with E-state index in [0.717, 1.165) is 21.9 Å². The summed E-state index contributed by atoms with van der Waals surface area (Å²) >= 11 is 0. The van der Waals surface area contributed by atoms with Gasteiger partial charge in [0, 0.05) is 5.56 Å². The number of carbonyl (C=O) groups excluding carboxylic acids is 1. The van der Waals surface area contributed by atoms with Crippen molar-refractivity contribution in [3.63, 3.8) is 0 Å². The third-order valence-electron chi connectivity index (χ3n) is 4.31. The van der Waals surface area contributed by atoms with Crippen molar-refractivity contribution in [2.45, 2.75) is 0 Å². The molecule has 128 valence electrons. The van der Waals surface area contributed by atoms with Crippen LogP contribution in [-0.2, 0) is 9.53 Å². The normalized spacial score (nSPS) is 15.2. The van der Waals surface area contributed by atoms with Gasteiger partial charge in [-0.25, -0.2) is 4.79 Å². The highest BCUT2D eigenvalue weighted by atomic mass is 16.5. The SMILES string of the molecule is COc1cc(/C=C2/C=C(c3cccc4ccccc34)OC2=O)ccc1O. The summed E-state index contributed by atoms with van der Waals surface area (Å²) < 4.78 is 10.6. The monoisotopic (exact) mass is 344 g/mol. The standard InChI is InChI=1S/C22H16O4/c1-25-21-12-14(9-10-19(21)23)11-16-13-20(26-22(16)24)18-8-4-6-15-5-2-3-7-17(15)18/h2-13,23H,1H3/b16-11-. The number of phenols is 1. The van der Waals surface area contributed by atoms with Crippen molar-refractivity contribution in [1.29, 1.82) is 0 Å². The van der Waals surface area contributed by atoms with Gasteiger partial charge in [-0.3, -0.25) is 0 Å². The van der Waals surface area contributed by atoms with E-state index in [1.807, 2.05) is 42.5 Å². The molecule has 26 heavy (non-hydrogen) atoms. The van der Waals surface area contributed by atoms with Crippen LogP contribution in [0.15, 0.2) is 72.3 Å². The van der Waals surface area contributed by atoms with Crippen LogP contribution in [0.4, 0.5) is 0 Å². The first kappa shape index (κ1) is 16.0. The van der Waals surface area contributed by atoms with Crippen LogP contribution >= 0.6 is 0 Å². The first-order chi connectivity index (χ1) is 12.7. The molecule has 3 aromatic carbocycles. The zero-order valence-corrected chi connectivity index (χ0v) is 14.1. The average molecular weight is 344 g/mol. The van der Waals surface area contributed by atoms with Crippen LogP contribution in [0, 0.1) is 0 Å². The number of phenolic OH excluding ortho intramolecular Hbond substituents is 1. The van der Waals surface area contributed by atoms with Crippen molar-refractivity contribution >= 4 is 28.6 Å². The van der Waals surface area contributed by atoms with Gasteiger partial charge in [0.05, 0.1) is 12.7 Å². The molecule has 0 saturated carbocycles. The molecule has 0 spiro atoms. The number of ether oxygens (including phenoxy) is 2. The highest BCUT2D eigenvalue weighted by Gasteiger charge is 2.23. The van der Waals surface area contributed by atoms with Gasteiger partial charge < -0.3 is 14.6 Å². The lowest BCUT2D eigenvalue weighted by molar-refractivity contribution is -0.130. The minimum absolute atomic E-state index is 0.0515. The van der Waals surface area contributed by atoms with Crippen molar-refractivity contribution < 1.29 is 19.4 Å². The van der Waals surface area contributed by atoms with Crippen LogP contribution in [0.5, 0.6) is 11.5 Å². The fourth-order valence-corrected chi connectivity index (χ4v) is 3.03. The number of aromatic hydroxyl groups is 1. The van der Waals surface area contributed by atoms with Gasteiger partial charge in [0.25, 0.3) is 0 Å². The summed E-state index contributed by atoms with van der Waals surface area (Å²) in [6, 6.07) is 18.8. The van der Waals surface area contributed by atoms with E-state index < -0.39 is 5.97 Å². The van der Waals surface area contributed by atoms with Gasteiger partial charge in [0.1, 0.15) is 5.76 Å². The molecule has 4 rings (SSSR count).